The SMILES string of the molecule is CCC(CO)N(Cc1ccc(OC)nc1)Cc1ccccn1. The summed E-state index contributed by atoms with van der Waals surface area (Å²) in [7, 11) is 1.61. The van der Waals surface area contributed by atoms with Gasteiger partial charge >= 0.3 is 0 Å². The van der Waals surface area contributed by atoms with Gasteiger partial charge < -0.3 is 9.84 Å². The van der Waals surface area contributed by atoms with Gasteiger partial charge in [-0.2, -0.15) is 0 Å². The molecule has 2 rings (SSSR count). The van der Waals surface area contributed by atoms with Crippen molar-refractivity contribution in [1.82, 2.24) is 14.9 Å². The van der Waals surface area contributed by atoms with Gasteiger partial charge in [0.05, 0.1) is 19.4 Å². The van der Waals surface area contributed by atoms with E-state index in [2.05, 4.69) is 21.8 Å². The van der Waals surface area contributed by atoms with E-state index in [9.17, 15) is 5.11 Å². The molecule has 2 aromatic rings. The number of aromatic nitrogens is 2. The first-order valence-electron chi connectivity index (χ1n) is 7.50. The molecule has 0 fully saturated rings. The highest BCUT2D eigenvalue weighted by molar-refractivity contribution is 5.18. The lowest BCUT2D eigenvalue weighted by Crippen LogP contribution is -2.36. The van der Waals surface area contributed by atoms with Gasteiger partial charge in [0.25, 0.3) is 0 Å². The molecule has 2 heterocycles. The van der Waals surface area contributed by atoms with Gasteiger partial charge in [0.2, 0.25) is 5.88 Å². The maximum atomic E-state index is 9.64. The summed E-state index contributed by atoms with van der Waals surface area (Å²) in [6.45, 7) is 3.63. The van der Waals surface area contributed by atoms with Crippen molar-refractivity contribution >= 4 is 0 Å². The predicted molar refractivity (Wildman–Crippen MR) is 85.4 cm³/mol. The minimum absolute atomic E-state index is 0.101. The minimum Gasteiger partial charge on any atom is -0.481 e. The van der Waals surface area contributed by atoms with Crippen LogP contribution < -0.4 is 4.74 Å². The number of methoxy groups -OCH3 is 1. The Kier molecular flexibility index (Phi) is 6.30. The molecule has 0 bridgehead atoms. The van der Waals surface area contributed by atoms with E-state index < -0.39 is 0 Å². The van der Waals surface area contributed by atoms with Gasteiger partial charge in [-0.3, -0.25) is 9.88 Å². The second-order valence-electron chi connectivity index (χ2n) is 5.18. The molecule has 0 amide bonds. The molecule has 0 radical (unpaired) electrons. The first kappa shape index (κ1) is 16.4. The summed E-state index contributed by atoms with van der Waals surface area (Å²) >= 11 is 0. The Balaban J connectivity index is 2.12. The first-order valence-corrected chi connectivity index (χ1v) is 7.50. The molecule has 0 aliphatic carbocycles. The van der Waals surface area contributed by atoms with Crippen molar-refractivity contribution in [2.75, 3.05) is 13.7 Å². The average Bonchev–Trinajstić information content (AvgIpc) is 2.57. The zero-order valence-electron chi connectivity index (χ0n) is 13.1. The Morgan fingerprint density at radius 1 is 1.18 bits per heavy atom. The molecule has 5 nitrogen and oxygen atoms in total. The van der Waals surface area contributed by atoms with Crippen LogP contribution in [0.15, 0.2) is 42.7 Å². The van der Waals surface area contributed by atoms with Gasteiger partial charge in [-0.1, -0.05) is 19.1 Å². The Labute approximate surface area is 131 Å². The van der Waals surface area contributed by atoms with E-state index in [-0.39, 0.29) is 12.6 Å². The third-order valence-corrected chi connectivity index (χ3v) is 3.68. The van der Waals surface area contributed by atoms with Crippen LogP contribution in [0.4, 0.5) is 0 Å². The summed E-state index contributed by atoms with van der Waals surface area (Å²) < 4.78 is 5.08. The second kappa shape index (κ2) is 8.46. The fraction of sp³-hybridized carbons (Fsp3) is 0.412. The predicted octanol–water partition coefficient (Wildman–Crippen LogP) is 2.26. The third-order valence-electron chi connectivity index (χ3n) is 3.68. The molecule has 1 unspecified atom stereocenters. The van der Waals surface area contributed by atoms with Gasteiger partial charge in [-0.15, -0.1) is 0 Å². The van der Waals surface area contributed by atoms with Crippen molar-refractivity contribution in [2.45, 2.75) is 32.5 Å². The number of nitrogens with zero attached hydrogens (tertiary/aromatic N) is 3. The number of aliphatic hydroxyl groups is 1. The van der Waals surface area contributed by atoms with Crippen molar-refractivity contribution in [3.63, 3.8) is 0 Å². The topological polar surface area (TPSA) is 58.5 Å². The van der Waals surface area contributed by atoms with E-state index in [1.807, 2.05) is 36.5 Å². The van der Waals surface area contributed by atoms with E-state index in [0.717, 1.165) is 17.7 Å². The number of ether oxygens (including phenoxy) is 1. The summed E-state index contributed by atoms with van der Waals surface area (Å²) in [5, 5.41) is 9.64. The molecule has 1 N–H and O–H groups in total. The monoisotopic (exact) mass is 301 g/mol. The Bertz CT molecular complexity index is 542. The van der Waals surface area contributed by atoms with Crippen LogP contribution in [0.2, 0.25) is 0 Å². The van der Waals surface area contributed by atoms with Gasteiger partial charge in [-0.05, 0) is 24.1 Å². The fourth-order valence-electron chi connectivity index (χ4n) is 2.38. The summed E-state index contributed by atoms with van der Waals surface area (Å²) in [6, 6.07) is 9.85. The lowest BCUT2D eigenvalue weighted by Gasteiger charge is -2.29. The zero-order valence-corrected chi connectivity index (χ0v) is 13.1. The zero-order chi connectivity index (χ0) is 15.8. The Morgan fingerprint density at radius 2 is 2.05 bits per heavy atom. The maximum absolute atomic E-state index is 9.64. The van der Waals surface area contributed by atoms with E-state index in [0.29, 0.717) is 19.0 Å². The van der Waals surface area contributed by atoms with Crippen LogP contribution in [-0.2, 0) is 13.1 Å². The van der Waals surface area contributed by atoms with Gasteiger partial charge in [-0.25, -0.2) is 4.98 Å². The van der Waals surface area contributed by atoms with Gasteiger partial charge in [0.1, 0.15) is 0 Å². The van der Waals surface area contributed by atoms with E-state index in [1.54, 1.807) is 13.3 Å². The normalized spacial score (nSPS) is 12.4. The minimum atomic E-state index is 0.101. The molecule has 0 aliphatic heterocycles. The number of pyridine rings is 2. The maximum Gasteiger partial charge on any atom is 0.212 e. The molecule has 0 saturated carbocycles. The average molecular weight is 301 g/mol. The smallest absolute Gasteiger partial charge is 0.212 e. The highest BCUT2D eigenvalue weighted by atomic mass is 16.5. The molecule has 0 saturated heterocycles. The highest BCUT2D eigenvalue weighted by Crippen LogP contribution is 2.15. The molecular formula is C17H23N3O2. The Morgan fingerprint density at radius 3 is 2.59 bits per heavy atom. The molecule has 5 heteroatoms. The molecular weight excluding hydrogens is 278 g/mol. The number of rotatable bonds is 8. The lowest BCUT2D eigenvalue weighted by molar-refractivity contribution is 0.105. The molecule has 1 atom stereocenters. The van der Waals surface area contributed by atoms with Crippen LogP contribution in [0.5, 0.6) is 5.88 Å². The summed E-state index contributed by atoms with van der Waals surface area (Å²) in [6.07, 6.45) is 4.49. The van der Waals surface area contributed by atoms with E-state index in [4.69, 9.17) is 4.74 Å². The van der Waals surface area contributed by atoms with Crippen LogP contribution in [0.1, 0.15) is 24.6 Å². The number of hydrogen-bond donors (Lipinski definition) is 1. The van der Waals surface area contributed by atoms with Crippen LogP contribution in [0.25, 0.3) is 0 Å². The quantitative estimate of drug-likeness (QED) is 0.810. The van der Waals surface area contributed by atoms with Crippen molar-refractivity contribution in [1.29, 1.82) is 0 Å². The van der Waals surface area contributed by atoms with E-state index >= 15 is 0 Å². The lowest BCUT2D eigenvalue weighted by atomic mass is 10.1. The van der Waals surface area contributed by atoms with E-state index in [1.165, 1.54) is 0 Å². The van der Waals surface area contributed by atoms with Crippen LogP contribution in [0, 0.1) is 0 Å². The first-order chi connectivity index (χ1) is 10.8. The molecule has 0 aromatic carbocycles. The molecule has 118 valence electrons. The third kappa shape index (κ3) is 4.51. The van der Waals surface area contributed by atoms with Crippen molar-refractivity contribution in [3.8, 4) is 5.88 Å². The summed E-state index contributed by atoms with van der Waals surface area (Å²) in [4.78, 5) is 10.8. The number of hydrogen-bond acceptors (Lipinski definition) is 5. The fourth-order valence-corrected chi connectivity index (χ4v) is 2.38. The standard InChI is InChI=1S/C17H23N3O2/c1-3-16(13-21)20(12-15-6-4-5-9-18-15)11-14-7-8-17(22-2)19-10-14/h4-10,16,21H,3,11-13H2,1-2H3. The molecule has 22 heavy (non-hydrogen) atoms. The largest absolute Gasteiger partial charge is 0.481 e. The Hall–Kier alpha value is -1.98. The molecule has 2 aromatic heterocycles. The van der Waals surface area contributed by atoms with Crippen molar-refractivity contribution in [2.24, 2.45) is 0 Å². The van der Waals surface area contributed by atoms with Crippen LogP contribution >= 0.6 is 0 Å². The van der Waals surface area contributed by atoms with Gasteiger partial charge in [0, 0.05) is 37.6 Å². The molecule has 0 aliphatic rings. The van der Waals surface area contributed by atoms with Crippen molar-refractivity contribution in [3.05, 3.63) is 54.0 Å². The summed E-state index contributed by atoms with van der Waals surface area (Å²) in [5.41, 5.74) is 2.08. The molecule has 0 spiro atoms. The second-order valence-corrected chi connectivity index (χ2v) is 5.18. The van der Waals surface area contributed by atoms with Crippen LogP contribution in [-0.4, -0.2) is 39.7 Å². The van der Waals surface area contributed by atoms with Crippen molar-refractivity contribution < 1.29 is 9.84 Å². The highest BCUT2D eigenvalue weighted by Gasteiger charge is 2.17. The number of aliphatic hydroxyl groups excluding tert-OH is 1. The summed E-state index contributed by atoms with van der Waals surface area (Å²) in [5.74, 6) is 0.606. The van der Waals surface area contributed by atoms with Gasteiger partial charge in [0.15, 0.2) is 0 Å². The van der Waals surface area contributed by atoms with Crippen LogP contribution in [0.3, 0.4) is 0 Å².